The van der Waals surface area contributed by atoms with E-state index >= 15 is 0 Å². The van der Waals surface area contributed by atoms with Crippen LogP contribution in [-0.2, 0) is 0 Å². The molecule has 0 saturated carbocycles. The maximum absolute atomic E-state index is 13.0. The highest BCUT2D eigenvalue weighted by atomic mass is 16.5. The molecule has 0 heterocycles. The maximum Gasteiger partial charge on any atom is 0.193 e. The molecule has 25 heavy (non-hydrogen) atoms. The third-order valence-corrected chi connectivity index (χ3v) is 4.77. The second-order valence-corrected chi connectivity index (χ2v) is 6.29. The van der Waals surface area contributed by atoms with E-state index in [1.165, 1.54) is 5.56 Å². The molecule has 0 fully saturated rings. The van der Waals surface area contributed by atoms with Crippen molar-refractivity contribution in [3.05, 3.63) is 88.5 Å². The molecule has 126 valence electrons. The van der Waals surface area contributed by atoms with Crippen LogP contribution in [0.2, 0.25) is 0 Å². The molecule has 0 aliphatic rings. The van der Waals surface area contributed by atoms with Gasteiger partial charge >= 0.3 is 0 Å². The molecule has 0 bridgehead atoms. The van der Waals surface area contributed by atoms with E-state index in [0.29, 0.717) is 0 Å². The number of hydrogen-bond acceptors (Lipinski definition) is 2. The molecule has 0 N–H and O–H groups in total. The highest BCUT2D eigenvalue weighted by molar-refractivity contribution is 6.11. The summed E-state index contributed by atoms with van der Waals surface area (Å²) in [7, 11) is 1.66. The van der Waals surface area contributed by atoms with Gasteiger partial charge in [0.25, 0.3) is 0 Å². The molecule has 0 unspecified atom stereocenters. The first-order chi connectivity index (χ1) is 12.0. The predicted octanol–water partition coefficient (Wildman–Crippen LogP) is 5.52. The van der Waals surface area contributed by atoms with Gasteiger partial charge in [0.15, 0.2) is 5.78 Å². The average Bonchev–Trinajstić information content (AvgIpc) is 2.65. The molecular weight excluding hydrogens is 308 g/mol. The van der Waals surface area contributed by atoms with Crippen LogP contribution in [0.3, 0.4) is 0 Å². The van der Waals surface area contributed by atoms with Crippen molar-refractivity contribution in [1.29, 1.82) is 0 Å². The van der Waals surface area contributed by atoms with Crippen molar-refractivity contribution in [3.8, 4) is 16.9 Å². The van der Waals surface area contributed by atoms with Crippen molar-refractivity contribution in [2.75, 3.05) is 7.11 Å². The van der Waals surface area contributed by atoms with Gasteiger partial charge in [0.1, 0.15) is 5.75 Å². The van der Waals surface area contributed by atoms with Crippen molar-refractivity contribution < 1.29 is 9.53 Å². The maximum atomic E-state index is 13.0. The lowest BCUT2D eigenvalue weighted by Crippen LogP contribution is -2.07. The number of methoxy groups -OCH3 is 1. The summed E-state index contributed by atoms with van der Waals surface area (Å²) in [6.07, 6.45) is 0. The van der Waals surface area contributed by atoms with Crippen molar-refractivity contribution in [2.24, 2.45) is 0 Å². The zero-order chi connectivity index (χ0) is 18.0. The van der Waals surface area contributed by atoms with E-state index in [0.717, 1.165) is 39.1 Å². The fraction of sp³-hybridized carbons (Fsp3) is 0.174. The molecule has 3 aromatic rings. The van der Waals surface area contributed by atoms with E-state index in [2.05, 4.69) is 13.8 Å². The number of benzene rings is 3. The van der Waals surface area contributed by atoms with Gasteiger partial charge in [-0.3, -0.25) is 4.79 Å². The van der Waals surface area contributed by atoms with Gasteiger partial charge in [0.2, 0.25) is 0 Å². The molecule has 0 aliphatic carbocycles. The van der Waals surface area contributed by atoms with Crippen LogP contribution in [0.15, 0.2) is 60.7 Å². The molecule has 0 atom stereocenters. The van der Waals surface area contributed by atoms with Crippen LogP contribution in [0, 0.1) is 20.8 Å². The number of ether oxygens (including phenoxy) is 1. The zero-order valence-electron chi connectivity index (χ0n) is 15.1. The standard InChI is InChI=1S/C23H22O2/c1-15-14-21(23(24)19-8-6-5-7-9-19)17(3)22(16(15)2)18-10-12-20(25-4)13-11-18/h5-14H,1-4H3. The Balaban J connectivity index is 2.16. The lowest BCUT2D eigenvalue weighted by molar-refractivity contribution is 0.103. The van der Waals surface area contributed by atoms with Crippen molar-refractivity contribution >= 4 is 5.78 Å². The van der Waals surface area contributed by atoms with Crippen molar-refractivity contribution in [3.63, 3.8) is 0 Å². The Labute approximate surface area is 149 Å². The summed E-state index contributed by atoms with van der Waals surface area (Å²) in [6.45, 7) is 6.20. The first-order valence-corrected chi connectivity index (χ1v) is 8.38. The molecular formula is C23H22O2. The number of hydrogen-bond donors (Lipinski definition) is 0. The van der Waals surface area contributed by atoms with E-state index in [1.54, 1.807) is 7.11 Å². The Morgan fingerprint density at radius 1 is 0.840 bits per heavy atom. The molecule has 0 amide bonds. The first-order valence-electron chi connectivity index (χ1n) is 8.38. The minimum Gasteiger partial charge on any atom is -0.497 e. The summed E-state index contributed by atoms with van der Waals surface area (Å²) in [5.41, 5.74) is 7.04. The second kappa shape index (κ2) is 6.94. The topological polar surface area (TPSA) is 26.3 Å². The molecule has 0 spiro atoms. The first kappa shape index (κ1) is 17.0. The van der Waals surface area contributed by atoms with Crippen molar-refractivity contribution in [2.45, 2.75) is 20.8 Å². The number of ketones is 1. The second-order valence-electron chi connectivity index (χ2n) is 6.29. The highest BCUT2D eigenvalue weighted by Crippen LogP contribution is 2.33. The smallest absolute Gasteiger partial charge is 0.193 e. The molecule has 0 aromatic heterocycles. The number of aryl methyl sites for hydroxylation is 1. The Morgan fingerprint density at radius 2 is 1.48 bits per heavy atom. The molecule has 2 heteroatoms. The molecule has 2 nitrogen and oxygen atoms in total. The molecule has 3 aromatic carbocycles. The van der Waals surface area contributed by atoms with Gasteiger partial charge < -0.3 is 4.74 Å². The molecule has 0 saturated heterocycles. The number of carbonyl (C=O) groups excluding carboxylic acids is 1. The Morgan fingerprint density at radius 3 is 2.08 bits per heavy atom. The van der Waals surface area contributed by atoms with Crippen molar-refractivity contribution in [1.82, 2.24) is 0 Å². The van der Waals surface area contributed by atoms with Crippen LogP contribution in [0.25, 0.3) is 11.1 Å². The molecule has 3 rings (SSSR count). The van der Waals surface area contributed by atoms with Crippen LogP contribution >= 0.6 is 0 Å². The van der Waals surface area contributed by atoms with Crippen LogP contribution in [0.1, 0.15) is 32.6 Å². The summed E-state index contributed by atoms with van der Waals surface area (Å²) in [4.78, 5) is 13.0. The van der Waals surface area contributed by atoms with Gasteiger partial charge in [-0.05, 0) is 66.8 Å². The van der Waals surface area contributed by atoms with Gasteiger partial charge in [0, 0.05) is 11.1 Å². The normalized spacial score (nSPS) is 10.6. The zero-order valence-corrected chi connectivity index (χ0v) is 15.1. The van der Waals surface area contributed by atoms with Crippen LogP contribution < -0.4 is 4.74 Å². The largest absolute Gasteiger partial charge is 0.497 e. The predicted molar refractivity (Wildman–Crippen MR) is 103 cm³/mol. The third-order valence-electron chi connectivity index (χ3n) is 4.77. The van der Waals surface area contributed by atoms with E-state index < -0.39 is 0 Å². The van der Waals surface area contributed by atoms with E-state index in [-0.39, 0.29) is 5.78 Å². The number of rotatable bonds is 4. The molecule has 0 radical (unpaired) electrons. The quantitative estimate of drug-likeness (QED) is 0.589. The minimum atomic E-state index is 0.0657. The van der Waals surface area contributed by atoms with Gasteiger partial charge in [0.05, 0.1) is 7.11 Å². The summed E-state index contributed by atoms with van der Waals surface area (Å²) in [5.74, 6) is 0.892. The van der Waals surface area contributed by atoms with E-state index in [4.69, 9.17) is 4.74 Å². The lowest BCUT2D eigenvalue weighted by Gasteiger charge is -2.17. The fourth-order valence-electron chi connectivity index (χ4n) is 3.22. The minimum absolute atomic E-state index is 0.0657. The summed E-state index contributed by atoms with van der Waals surface area (Å²) < 4.78 is 5.25. The Hall–Kier alpha value is -2.87. The lowest BCUT2D eigenvalue weighted by atomic mass is 9.86. The van der Waals surface area contributed by atoms with Crippen LogP contribution in [0.4, 0.5) is 0 Å². The summed E-state index contributed by atoms with van der Waals surface area (Å²) in [6, 6.07) is 19.5. The van der Waals surface area contributed by atoms with E-state index in [1.807, 2.05) is 67.6 Å². The Kier molecular flexibility index (Phi) is 4.71. The monoisotopic (exact) mass is 330 g/mol. The average molecular weight is 330 g/mol. The Bertz CT molecular complexity index is 907. The third kappa shape index (κ3) is 3.20. The van der Waals surface area contributed by atoms with Crippen LogP contribution in [0.5, 0.6) is 5.75 Å². The van der Waals surface area contributed by atoms with Crippen LogP contribution in [-0.4, -0.2) is 12.9 Å². The van der Waals surface area contributed by atoms with Gasteiger partial charge in [-0.15, -0.1) is 0 Å². The van der Waals surface area contributed by atoms with E-state index in [9.17, 15) is 4.79 Å². The van der Waals surface area contributed by atoms with Gasteiger partial charge in [-0.1, -0.05) is 42.5 Å². The number of carbonyl (C=O) groups is 1. The highest BCUT2D eigenvalue weighted by Gasteiger charge is 2.18. The van der Waals surface area contributed by atoms with Gasteiger partial charge in [-0.25, -0.2) is 0 Å². The van der Waals surface area contributed by atoms with Gasteiger partial charge in [-0.2, -0.15) is 0 Å². The SMILES string of the molecule is COc1ccc(-c2c(C)c(C)cc(C(=O)c3ccccc3)c2C)cc1. The fourth-order valence-corrected chi connectivity index (χ4v) is 3.22. The molecule has 0 aliphatic heterocycles. The summed E-state index contributed by atoms with van der Waals surface area (Å²) >= 11 is 0. The summed E-state index contributed by atoms with van der Waals surface area (Å²) in [5, 5.41) is 0.